The van der Waals surface area contributed by atoms with Crippen molar-refractivity contribution in [1.29, 1.82) is 0 Å². The smallest absolute Gasteiger partial charge is 0.0438 e. The van der Waals surface area contributed by atoms with Gasteiger partial charge in [-0.2, -0.15) is 0 Å². The normalized spacial score (nSPS) is 12.1. The van der Waals surface area contributed by atoms with Crippen LogP contribution in [0.4, 0.5) is 0 Å². The van der Waals surface area contributed by atoms with E-state index in [9.17, 15) is 0 Å². The van der Waals surface area contributed by atoms with Crippen LogP contribution in [0.15, 0.2) is 97.6 Å². The molecule has 3 rings (SSSR count). The van der Waals surface area contributed by atoms with Gasteiger partial charge in [-0.15, -0.1) is 23.5 Å². The Balaban J connectivity index is 1.74. The van der Waals surface area contributed by atoms with Crippen molar-refractivity contribution in [2.24, 2.45) is 0 Å². The van der Waals surface area contributed by atoms with E-state index in [0.717, 1.165) is 14.7 Å². The predicted octanol–water partition coefficient (Wildman–Crippen LogP) is 7.84. The summed E-state index contributed by atoms with van der Waals surface area (Å²) in [7, 11) is 0. The Labute approximate surface area is 168 Å². The quantitative estimate of drug-likeness (QED) is 0.330. The summed E-state index contributed by atoms with van der Waals surface area (Å²) in [4.78, 5) is 2.60. The van der Waals surface area contributed by atoms with Gasteiger partial charge >= 0.3 is 0 Å². The third kappa shape index (κ3) is 5.41. The van der Waals surface area contributed by atoms with Crippen LogP contribution in [0.25, 0.3) is 0 Å². The van der Waals surface area contributed by atoms with E-state index in [4.69, 9.17) is 0 Å². The van der Waals surface area contributed by atoms with Crippen LogP contribution in [0.3, 0.4) is 0 Å². The van der Waals surface area contributed by atoms with Crippen LogP contribution in [-0.4, -0.2) is 5.75 Å². The van der Waals surface area contributed by atoms with Crippen LogP contribution in [0.2, 0.25) is 0 Å². The van der Waals surface area contributed by atoms with Crippen molar-refractivity contribution in [3.8, 4) is 0 Å². The fourth-order valence-corrected chi connectivity index (χ4v) is 5.03. The van der Waals surface area contributed by atoms with E-state index in [1.807, 2.05) is 23.5 Å². The van der Waals surface area contributed by atoms with Crippen molar-refractivity contribution in [1.82, 2.24) is 0 Å². The van der Waals surface area contributed by atoms with Gasteiger partial charge in [-0.3, -0.25) is 0 Å². The minimum atomic E-state index is 0.418. The summed E-state index contributed by atoms with van der Waals surface area (Å²) in [5.74, 6) is 1.03. The fraction of sp³-hybridized carbons (Fsp3) is 0.100. The minimum Gasteiger partial charge on any atom is -0.125 e. The predicted molar refractivity (Wildman–Crippen MR) is 114 cm³/mol. The molecule has 0 saturated heterocycles. The van der Waals surface area contributed by atoms with E-state index in [1.165, 1.54) is 15.4 Å². The van der Waals surface area contributed by atoms with E-state index in [0.29, 0.717) is 5.25 Å². The van der Waals surface area contributed by atoms with Crippen molar-refractivity contribution >= 4 is 55.4 Å². The molecule has 122 valence electrons. The highest BCUT2D eigenvalue weighted by Gasteiger charge is 2.14. The van der Waals surface area contributed by atoms with Crippen LogP contribution in [0, 0.1) is 0 Å². The first kappa shape index (κ1) is 18.1. The molecule has 0 spiro atoms. The maximum Gasteiger partial charge on any atom is 0.0438 e. The number of thioether (sulfide) groups is 2. The van der Waals surface area contributed by atoms with Crippen LogP contribution < -0.4 is 0 Å². The number of hydrogen-bond acceptors (Lipinski definition) is 2. The summed E-state index contributed by atoms with van der Waals surface area (Å²) in [6, 6.07) is 27.8. The number of hydrogen-bond donors (Lipinski definition) is 0. The molecule has 0 bridgehead atoms. The Morgan fingerprint density at radius 1 is 0.667 bits per heavy atom. The van der Waals surface area contributed by atoms with Gasteiger partial charge in [-0.25, -0.2) is 0 Å². The molecular formula is C20H16Br2S2. The summed E-state index contributed by atoms with van der Waals surface area (Å²) in [5, 5.41) is 0.418. The van der Waals surface area contributed by atoms with Gasteiger partial charge in [0.15, 0.2) is 0 Å². The van der Waals surface area contributed by atoms with Crippen LogP contribution >= 0.6 is 55.4 Å². The van der Waals surface area contributed by atoms with E-state index in [-0.39, 0.29) is 0 Å². The first-order valence-corrected chi connectivity index (χ1v) is 11.0. The molecule has 0 aliphatic rings. The number of benzene rings is 3. The number of rotatable bonds is 6. The Hall–Kier alpha value is -0.680. The molecule has 0 amide bonds. The van der Waals surface area contributed by atoms with Crippen molar-refractivity contribution in [2.75, 3.05) is 5.75 Å². The molecule has 0 heterocycles. The lowest BCUT2D eigenvalue weighted by atomic mass is 10.2. The lowest BCUT2D eigenvalue weighted by molar-refractivity contribution is 1.11. The van der Waals surface area contributed by atoms with Crippen LogP contribution in [0.1, 0.15) is 10.8 Å². The molecule has 1 unspecified atom stereocenters. The standard InChI is InChI=1S/C20H16Br2S2/c21-16-6-10-18(11-7-16)23-14-20(15-4-2-1-3-5-15)24-19-12-8-17(22)9-13-19/h1-13,20H,14H2. The Morgan fingerprint density at radius 2 is 1.21 bits per heavy atom. The maximum absolute atomic E-state index is 3.51. The second-order valence-electron chi connectivity index (χ2n) is 5.24. The summed E-state index contributed by atoms with van der Waals surface area (Å²) in [6.07, 6.45) is 0. The molecule has 0 aliphatic heterocycles. The molecule has 0 fully saturated rings. The lowest BCUT2D eigenvalue weighted by Gasteiger charge is -2.17. The molecule has 0 aliphatic carbocycles. The van der Waals surface area contributed by atoms with Gasteiger partial charge in [-0.05, 0) is 54.1 Å². The van der Waals surface area contributed by atoms with Crippen molar-refractivity contribution < 1.29 is 0 Å². The molecule has 4 heteroatoms. The molecule has 3 aromatic rings. The molecule has 0 aromatic heterocycles. The summed E-state index contributed by atoms with van der Waals surface area (Å²) in [6.45, 7) is 0. The zero-order chi connectivity index (χ0) is 16.8. The van der Waals surface area contributed by atoms with E-state index < -0.39 is 0 Å². The monoisotopic (exact) mass is 478 g/mol. The molecule has 0 nitrogen and oxygen atoms in total. The molecule has 1 atom stereocenters. The van der Waals surface area contributed by atoms with Gasteiger partial charge in [0, 0.05) is 29.7 Å². The Bertz CT molecular complexity index is 756. The largest absolute Gasteiger partial charge is 0.125 e. The van der Waals surface area contributed by atoms with Gasteiger partial charge in [0.05, 0.1) is 0 Å². The number of halogens is 2. The topological polar surface area (TPSA) is 0 Å². The third-order valence-electron chi connectivity index (χ3n) is 3.48. The highest BCUT2D eigenvalue weighted by atomic mass is 79.9. The fourth-order valence-electron chi connectivity index (χ4n) is 2.25. The highest BCUT2D eigenvalue weighted by Crippen LogP contribution is 2.39. The molecule has 0 radical (unpaired) electrons. The second-order valence-corrected chi connectivity index (χ2v) is 9.44. The van der Waals surface area contributed by atoms with E-state index >= 15 is 0 Å². The summed E-state index contributed by atoms with van der Waals surface area (Å²) < 4.78 is 2.24. The van der Waals surface area contributed by atoms with Crippen LogP contribution in [0.5, 0.6) is 0 Å². The molecule has 3 aromatic carbocycles. The van der Waals surface area contributed by atoms with Gasteiger partial charge in [0.1, 0.15) is 0 Å². The third-order valence-corrected chi connectivity index (χ3v) is 7.12. The molecule has 0 saturated carbocycles. The van der Waals surface area contributed by atoms with E-state index in [2.05, 4.69) is 111 Å². The van der Waals surface area contributed by atoms with Crippen molar-refractivity contribution in [3.63, 3.8) is 0 Å². The van der Waals surface area contributed by atoms with Gasteiger partial charge in [0.25, 0.3) is 0 Å². The Kier molecular flexibility index (Phi) is 6.90. The zero-order valence-corrected chi connectivity index (χ0v) is 17.7. The van der Waals surface area contributed by atoms with Gasteiger partial charge in [-0.1, -0.05) is 62.2 Å². The first-order valence-electron chi connectivity index (χ1n) is 7.56. The van der Waals surface area contributed by atoms with Crippen LogP contribution in [-0.2, 0) is 0 Å². The molecular weight excluding hydrogens is 464 g/mol. The SMILES string of the molecule is Brc1ccc(SCC(Sc2ccc(Br)cc2)c2ccccc2)cc1. The highest BCUT2D eigenvalue weighted by molar-refractivity contribution is 9.10. The van der Waals surface area contributed by atoms with Crippen molar-refractivity contribution in [3.05, 3.63) is 93.4 Å². The van der Waals surface area contributed by atoms with Gasteiger partial charge < -0.3 is 0 Å². The molecule has 24 heavy (non-hydrogen) atoms. The zero-order valence-electron chi connectivity index (χ0n) is 12.9. The summed E-state index contributed by atoms with van der Waals surface area (Å²) in [5.41, 5.74) is 1.37. The first-order chi connectivity index (χ1) is 11.7. The van der Waals surface area contributed by atoms with Gasteiger partial charge in [0.2, 0.25) is 0 Å². The maximum atomic E-state index is 3.51. The average molecular weight is 480 g/mol. The lowest BCUT2D eigenvalue weighted by Crippen LogP contribution is -1.97. The second kappa shape index (κ2) is 9.14. The Morgan fingerprint density at radius 3 is 1.79 bits per heavy atom. The molecule has 0 N–H and O–H groups in total. The average Bonchev–Trinajstić information content (AvgIpc) is 2.62. The van der Waals surface area contributed by atoms with Crippen molar-refractivity contribution in [2.45, 2.75) is 15.0 Å². The van der Waals surface area contributed by atoms with E-state index in [1.54, 1.807) is 0 Å². The minimum absolute atomic E-state index is 0.418. The summed E-state index contributed by atoms with van der Waals surface area (Å²) >= 11 is 10.8.